The Kier molecular flexibility index (Phi) is 4.28. The van der Waals surface area contributed by atoms with Crippen molar-refractivity contribution in [1.29, 1.82) is 0 Å². The predicted octanol–water partition coefficient (Wildman–Crippen LogP) is 1.55. The van der Waals surface area contributed by atoms with E-state index in [1.54, 1.807) is 4.90 Å². The van der Waals surface area contributed by atoms with Gasteiger partial charge in [0.1, 0.15) is 5.60 Å². The molecule has 0 aliphatic carbocycles. The van der Waals surface area contributed by atoms with Gasteiger partial charge < -0.3 is 14.4 Å². The van der Waals surface area contributed by atoms with Gasteiger partial charge in [0.2, 0.25) is 0 Å². The van der Waals surface area contributed by atoms with Gasteiger partial charge in [-0.3, -0.25) is 0 Å². The number of nitrogens with zero attached hydrogens (tertiary/aromatic N) is 1. The van der Waals surface area contributed by atoms with Crippen molar-refractivity contribution in [3.8, 4) is 0 Å². The van der Waals surface area contributed by atoms with Crippen molar-refractivity contribution >= 4 is 18.7 Å². The Labute approximate surface area is 96.3 Å². The lowest BCUT2D eigenvalue weighted by atomic mass is 10.2. The third-order valence-electron chi connectivity index (χ3n) is 1.94. The van der Waals surface area contributed by atoms with Gasteiger partial charge in [0.15, 0.2) is 0 Å². The second-order valence-electron chi connectivity index (χ2n) is 4.60. The minimum Gasteiger partial charge on any atom is -0.444 e. The van der Waals surface area contributed by atoms with Gasteiger partial charge in [-0.15, -0.1) is 0 Å². The van der Waals surface area contributed by atoms with Crippen molar-refractivity contribution in [2.24, 2.45) is 0 Å². The average Bonchev–Trinajstić information content (AvgIpc) is 1.98. The van der Waals surface area contributed by atoms with Crippen LogP contribution in [0.5, 0.6) is 0 Å². The van der Waals surface area contributed by atoms with E-state index in [1.807, 2.05) is 20.8 Å². The zero-order chi connectivity index (χ0) is 11.5. The highest BCUT2D eigenvalue weighted by Gasteiger charge is 2.33. The maximum atomic E-state index is 11.5. The molecule has 1 aliphatic heterocycles. The van der Waals surface area contributed by atoms with Gasteiger partial charge in [-0.25, -0.2) is 4.79 Å². The molecule has 0 bridgehead atoms. The molecule has 0 unspecified atom stereocenters. The molecule has 0 radical (unpaired) electrons. The first-order chi connectivity index (χ1) is 6.92. The summed E-state index contributed by atoms with van der Waals surface area (Å²) in [6.45, 7) is 7.47. The number of hydrogen-bond donors (Lipinski definition) is 1. The van der Waals surface area contributed by atoms with E-state index in [4.69, 9.17) is 9.47 Å². The van der Waals surface area contributed by atoms with E-state index in [2.05, 4.69) is 12.6 Å². The summed E-state index contributed by atoms with van der Waals surface area (Å²) in [6.07, 6.45) is -0.0992. The van der Waals surface area contributed by atoms with Crippen LogP contribution in [0.25, 0.3) is 0 Å². The fourth-order valence-electron chi connectivity index (χ4n) is 1.24. The Balaban J connectivity index is 2.18. The van der Waals surface area contributed by atoms with E-state index in [0.29, 0.717) is 25.4 Å². The largest absolute Gasteiger partial charge is 0.444 e. The first kappa shape index (κ1) is 12.6. The summed E-state index contributed by atoms with van der Waals surface area (Å²) < 4.78 is 10.6. The molecule has 15 heavy (non-hydrogen) atoms. The quantitative estimate of drug-likeness (QED) is 0.752. The van der Waals surface area contributed by atoms with Crippen molar-refractivity contribution in [2.75, 3.05) is 25.4 Å². The highest BCUT2D eigenvalue weighted by Crippen LogP contribution is 2.16. The standard InChI is InChI=1S/C10H19NO3S/c1-10(2,3)14-9(12)11-6-8(7-11)13-4-5-15/h8,15H,4-7H2,1-3H3. The Morgan fingerprint density at radius 3 is 2.53 bits per heavy atom. The number of carbonyl (C=O) groups is 1. The molecule has 1 heterocycles. The van der Waals surface area contributed by atoms with Gasteiger partial charge in [-0.1, -0.05) is 0 Å². The summed E-state index contributed by atoms with van der Waals surface area (Å²) in [7, 11) is 0. The van der Waals surface area contributed by atoms with Crippen molar-refractivity contribution < 1.29 is 14.3 Å². The molecule has 5 heteroatoms. The maximum Gasteiger partial charge on any atom is 0.410 e. The fourth-order valence-corrected chi connectivity index (χ4v) is 1.34. The van der Waals surface area contributed by atoms with E-state index in [1.165, 1.54) is 0 Å². The van der Waals surface area contributed by atoms with Crippen LogP contribution in [0.1, 0.15) is 20.8 Å². The molecule has 4 nitrogen and oxygen atoms in total. The predicted molar refractivity (Wildman–Crippen MR) is 61.4 cm³/mol. The maximum absolute atomic E-state index is 11.5. The molecular weight excluding hydrogens is 214 g/mol. The fraction of sp³-hybridized carbons (Fsp3) is 0.900. The van der Waals surface area contributed by atoms with Crippen LogP contribution in [0.3, 0.4) is 0 Å². The minimum absolute atomic E-state index is 0.157. The number of likely N-dealkylation sites (tertiary alicyclic amines) is 1. The number of amides is 1. The zero-order valence-corrected chi connectivity index (χ0v) is 10.4. The number of rotatable bonds is 3. The Bertz CT molecular complexity index is 221. The third-order valence-corrected chi connectivity index (χ3v) is 2.13. The van der Waals surface area contributed by atoms with Gasteiger partial charge in [-0.2, -0.15) is 12.6 Å². The van der Waals surface area contributed by atoms with Crippen molar-refractivity contribution in [3.63, 3.8) is 0 Å². The van der Waals surface area contributed by atoms with Crippen molar-refractivity contribution in [3.05, 3.63) is 0 Å². The lowest BCUT2D eigenvalue weighted by Gasteiger charge is -2.39. The van der Waals surface area contributed by atoms with Crippen LogP contribution < -0.4 is 0 Å². The first-order valence-corrected chi connectivity index (χ1v) is 5.76. The van der Waals surface area contributed by atoms with Crippen LogP contribution in [0.2, 0.25) is 0 Å². The van der Waals surface area contributed by atoms with E-state index >= 15 is 0 Å². The highest BCUT2D eigenvalue weighted by atomic mass is 32.1. The molecule has 1 fully saturated rings. The molecule has 0 spiro atoms. The van der Waals surface area contributed by atoms with E-state index < -0.39 is 5.60 Å². The number of carbonyl (C=O) groups excluding carboxylic acids is 1. The Hall–Kier alpha value is -0.420. The van der Waals surface area contributed by atoms with Crippen molar-refractivity contribution in [2.45, 2.75) is 32.5 Å². The summed E-state index contributed by atoms with van der Waals surface area (Å²) >= 11 is 4.05. The van der Waals surface area contributed by atoms with Crippen LogP contribution in [-0.4, -0.2) is 48.1 Å². The van der Waals surface area contributed by atoms with Crippen LogP contribution in [0.4, 0.5) is 4.79 Å². The lowest BCUT2D eigenvalue weighted by Crippen LogP contribution is -2.56. The molecule has 1 saturated heterocycles. The van der Waals surface area contributed by atoms with Crippen LogP contribution >= 0.6 is 12.6 Å². The molecular formula is C10H19NO3S. The molecule has 1 rings (SSSR count). The minimum atomic E-state index is -0.422. The van der Waals surface area contributed by atoms with E-state index in [0.717, 1.165) is 0 Å². The number of ether oxygens (including phenoxy) is 2. The molecule has 0 atom stereocenters. The Morgan fingerprint density at radius 1 is 1.47 bits per heavy atom. The summed E-state index contributed by atoms with van der Waals surface area (Å²) in [4.78, 5) is 13.1. The summed E-state index contributed by atoms with van der Waals surface area (Å²) in [5, 5.41) is 0. The third kappa shape index (κ3) is 4.30. The average molecular weight is 233 g/mol. The number of thiol groups is 1. The molecule has 1 amide bonds. The van der Waals surface area contributed by atoms with Gasteiger partial charge in [0, 0.05) is 5.75 Å². The smallest absolute Gasteiger partial charge is 0.410 e. The van der Waals surface area contributed by atoms with E-state index in [9.17, 15) is 4.79 Å². The Morgan fingerprint density at radius 2 is 2.07 bits per heavy atom. The molecule has 1 aliphatic rings. The van der Waals surface area contributed by atoms with Crippen LogP contribution in [0, 0.1) is 0 Å². The second-order valence-corrected chi connectivity index (χ2v) is 5.05. The molecule has 0 aromatic carbocycles. The van der Waals surface area contributed by atoms with Crippen LogP contribution in [-0.2, 0) is 9.47 Å². The monoisotopic (exact) mass is 233 g/mol. The second kappa shape index (κ2) is 5.07. The number of hydrogen-bond acceptors (Lipinski definition) is 4. The molecule has 0 aromatic rings. The normalized spacial score (nSPS) is 17.5. The van der Waals surface area contributed by atoms with Gasteiger partial charge in [0.25, 0.3) is 0 Å². The molecule has 0 saturated carbocycles. The van der Waals surface area contributed by atoms with Gasteiger partial charge in [0.05, 0.1) is 25.8 Å². The molecule has 0 aromatic heterocycles. The highest BCUT2D eigenvalue weighted by molar-refractivity contribution is 7.80. The summed E-state index contributed by atoms with van der Waals surface area (Å²) in [5.41, 5.74) is -0.422. The summed E-state index contributed by atoms with van der Waals surface area (Å²) in [6, 6.07) is 0. The topological polar surface area (TPSA) is 38.8 Å². The zero-order valence-electron chi connectivity index (χ0n) is 9.52. The van der Waals surface area contributed by atoms with Gasteiger partial charge in [-0.05, 0) is 20.8 Å². The van der Waals surface area contributed by atoms with Crippen LogP contribution in [0.15, 0.2) is 0 Å². The van der Waals surface area contributed by atoms with Crippen molar-refractivity contribution in [1.82, 2.24) is 4.90 Å². The van der Waals surface area contributed by atoms with Gasteiger partial charge >= 0.3 is 6.09 Å². The molecule has 0 N–H and O–H groups in total. The van der Waals surface area contributed by atoms with E-state index in [-0.39, 0.29) is 12.2 Å². The molecule has 88 valence electrons. The lowest BCUT2D eigenvalue weighted by molar-refractivity contribution is -0.0589. The first-order valence-electron chi connectivity index (χ1n) is 5.13. The SMILES string of the molecule is CC(C)(C)OC(=O)N1CC(OCCS)C1. The summed E-state index contributed by atoms with van der Waals surface area (Å²) in [5.74, 6) is 0.711.